The van der Waals surface area contributed by atoms with Gasteiger partial charge in [-0.15, -0.1) is 0 Å². The van der Waals surface area contributed by atoms with Gasteiger partial charge in [-0.3, -0.25) is 9.59 Å². The number of ether oxygens (including phenoxy) is 2. The number of anilines is 1. The summed E-state index contributed by atoms with van der Waals surface area (Å²) in [6.45, 7) is 3.00. The van der Waals surface area contributed by atoms with Gasteiger partial charge in [0.1, 0.15) is 12.3 Å². The maximum absolute atomic E-state index is 12.9. The number of esters is 1. The van der Waals surface area contributed by atoms with Crippen LogP contribution in [-0.2, 0) is 27.0 Å². The molecule has 1 aromatic heterocycles. The SMILES string of the molecule is CCOC(=O)[C@@H](C)Oc1cccc2c(=O)n(CC(=O)Nc3cccc(C(F)(F)F)c3)ccc12. The Kier molecular flexibility index (Phi) is 7.05. The zero-order chi connectivity index (χ0) is 24.2. The molecular formula is C23H21F3N2O5. The highest BCUT2D eigenvalue weighted by atomic mass is 19.4. The Morgan fingerprint density at radius 3 is 2.52 bits per heavy atom. The summed E-state index contributed by atoms with van der Waals surface area (Å²) < 4.78 is 50.2. The first-order valence-electron chi connectivity index (χ1n) is 10.0. The number of halogens is 3. The molecule has 0 unspecified atom stereocenters. The Balaban J connectivity index is 1.80. The number of alkyl halides is 3. The van der Waals surface area contributed by atoms with Crippen LogP contribution in [-0.4, -0.2) is 29.2 Å². The van der Waals surface area contributed by atoms with Crippen molar-refractivity contribution in [3.8, 4) is 5.75 Å². The minimum Gasteiger partial charge on any atom is -0.478 e. The second kappa shape index (κ2) is 9.76. The van der Waals surface area contributed by atoms with Crippen LogP contribution in [0.5, 0.6) is 5.75 Å². The lowest BCUT2D eigenvalue weighted by Crippen LogP contribution is -2.28. The lowest BCUT2D eigenvalue weighted by molar-refractivity contribution is -0.150. The predicted octanol–water partition coefficient (Wildman–Crippen LogP) is 3.99. The third-order valence-electron chi connectivity index (χ3n) is 4.69. The van der Waals surface area contributed by atoms with Gasteiger partial charge in [-0.05, 0) is 50.2 Å². The zero-order valence-corrected chi connectivity index (χ0v) is 17.8. The number of nitrogens with one attached hydrogen (secondary N) is 1. The van der Waals surface area contributed by atoms with E-state index in [1.165, 1.54) is 25.3 Å². The number of pyridine rings is 1. The topological polar surface area (TPSA) is 86.6 Å². The minimum absolute atomic E-state index is 0.0349. The molecule has 0 fully saturated rings. The van der Waals surface area contributed by atoms with E-state index in [1.54, 1.807) is 31.2 Å². The number of carbonyl (C=O) groups is 2. The molecule has 3 aromatic rings. The normalized spacial score (nSPS) is 12.3. The van der Waals surface area contributed by atoms with Crippen LogP contribution in [0.3, 0.4) is 0 Å². The van der Waals surface area contributed by atoms with Crippen LogP contribution < -0.4 is 15.6 Å². The van der Waals surface area contributed by atoms with Crippen molar-refractivity contribution in [3.05, 3.63) is 70.6 Å². The molecule has 0 saturated heterocycles. The molecule has 0 saturated carbocycles. The molecule has 33 heavy (non-hydrogen) atoms. The Labute approximate surface area is 186 Å². The lowest BCUT2D eigenvalue weighted by Gasteiger charge is -2.15. The molecule has 1 atom stereocenters. The largest absolute Gasteiger partial charge is 0.478 e. The van der Waals surface area contributed by atoms with Crippen LogP contribution >= 0.6 is 0 Å². The zero-order valence-electron chi connectivity index (χ0n) is 17.8. The number of rotatable bonds is 7. The fraction of sp³-hybridized carbons (Fsp3) is 0.261. The maximum Gasteiger partial charge on any atom is 0.416 e. The van der Waals surface area contributed by atoms with Crippen LogP contribution in [0.15, 0.2) is 59.5 Å². The molecule has 1 N–H and O–H groups in total. The summed E-state index contributed by atoms with van der Waals surface area (Å²) in [5.74, 6) is -0.918. The van der Waals surface area contributed by atoms with Gasteiger partial charge in [0, 0.05) is 17.3 Å². The number of amides is 1. The molecule has 7 nitrogen and oxygen atoms in total. The van der Waals surface area contributed by atoms with E-state index in [1.807, 2.05) is 0 Å². The summed E-state index contributed by atoms with van der Waals surface area (Å²) in [6.07, 6.45) is -4.06. The fourth-order valence-corrected chi connectivity index (χ4v) is 3.14. The monoisotopic (exact) mass is 462 g/mol. The van der Waals surface area contributed by atoms with Crippen molar-refractivity contribution in [1.29, 1.82) is 0 Å². The Morgan fingerprint density at radius 1 is 1.09 bits per heavy atom. The molecule has 3 rings (SSSR count). The number of benzene rings is 2. The first-order valence-corrected chi connectivity index (χ1v) is 10.0. The van der Waals surface area contributed by atoms with Crippen molar-refractivity contribution in [2.45, 2.75) is 32.7 Å². The number of carbonyl (C=O) groups excluding carboxylic acids is 2. The number of hydrogen-bond acceptors (Lipinski definition) is 5. The van der Waals surface area contributed by atoms with Gasteiger partial charge in [-0.2, -0.15) is 13.2 Å². The summed E-state index contributed by atoms with van der Waals surface area (Å²) in [5, 5.41) is 3.05. The molecule has 0 bridgehead atoms. The average Bonchev–Trinajstić information content (AvgIpc) is 2.76. The van der Waals surface area contributed by atoms with Crippen molar-refractivity contribution in [3.63, 3.8) is 0 Å². The van der Waals surface area contributed by atoms with Gasteiger partial charge in [-0.25, -0.2) is 4.79 Å². The Bertz CT molecular complexity index is 1240. The van der Waals surface area contributed by atoms with E-state index in [2.05, 4.69) is 5.32 Å². The summed E-state index contributed by atoms with van der Waals surface area (Å²) >= 11 is 0. The molecule has 174 valence electrons. The lowest BCUT2D eigenvalue weighted by atomic mass is 10.1. The molecule has 0 aliphatic rings. The van der Waals surface area contributed by atoms with Gasteiger partial charge in [0.2, 0.25) is 5.91 Å². The van der Waals surface area contributed by atoms with Crippen molar-refractivity contribution in [2.24, 2.45) is 0 Å². The Morgan fingerprint density at radius 2 is 1.82 bits per heavy atom. The van der Waals surface area contributed by atoms with Crippen LogP contribution in [0, 0.1) is 0 Å². The van der Waals surface area contributed by atoms with Crippen LogP contribution in [0.25, 0.3) is 10.8 Å². The fourth-order valence-electron chi connectivity index (χ4n) is 3.14. The van der Waals surface area contributed by atoms with Crippen LogP contribution in [0.2, 0.25) is 0 Å². The molecule has 0 radical (unpaired) electrons. The predicted molar refractivity (Wildman–Crippen MR) is 115 cm³/mol. The van der Waals surface area contributed by atoms with Gasteiger partial charge in [0.15, 0.2) is 6.10 Å². The standard InChI is InChI=1S/C23H21F3N2O5/c1-3-32-22(31)14(2)33-19-9-5-8-18-17(19)10-11-28(21(18)30)13-20(29)27-16-7-4-6-15(12-16)23(24,25)26/h4-12,14H,3,13H2,1-2H3,(H,27,29)/t14-/m1/s1. The maximum atomic E-state index is 12.9. The van der Waals surface area contributed by atoms with Crippen molar-refractivity contribution in [1.82, 2.24) is 4.57 Å². The van der Waals surface area contributed by atoms with Crippen molar-refractivity contribution >= 4 is 28.3 Å². The van der Waals surface area contributed by atoms with Crippen LogP contribution in [0.1, 0.15) is 19.4 Å². The van der Waals surface area contributed by atoms with E-state index >= 15 is 0 Å². The number of fused-ring (bicyclic) bond motifs is 1. The first-order chi connectivity index (χ1) is 15.6. The van der Waals surface area contributed by atoms with Gasteiger partial charge >= 0.3 is 12.1 Å². The number of aromatic nitrogens is 1. The highest BCUT2D eigenvalue weighted by Gasteiger charge is 2.30. The first kappa shape index (κ1) is 23.8. The summed E-state index contributed by atoms with van der Waals surface area (Å²) in [7, 11) is 0. The van der Waals surface area contributed by atoms with Gasteiger partial charge in [0.25, 0.3) is 5.56 Å². The minimum atomic E-state index is -4.54. The molecule has 2 aromatic carbocycles. The molecule has 1 amide bonds. The van der Waals surface area contributed by atoms with E-state index in [0.717, 1.165) is 16.7 Å². The third-order valence-corrected chi connectivity index (χ3v) is 4.69. The van der Waals surface area contributed by atoms with E-state index in [4.69, 9.17) is 9.47 Å². The second-order valence-corrected chi connectivity index (χ2v) is 7.11. The third kappa shape index (κ3) is 5.71. The summed E-state index contributed by atoms with van der Waals surface area (Å²) in [5.41, 5.74) is -1.43. The highest BCUT2D eigenvalue weighted by Crippen LogP contribution is 2.30. The average molecular weight is 462 g/mol. The molecule has 10 heteroatoms. The van der Waals surface area contributed by atoms with E-state index < -0.39 is 41.8 Å². The molecule has 0 aliphatic heterocycles. The van der Waals surface area contributed by atoms with E-state index in [-0.39, 0.29) is 17.7 Å². The van der Waals surface area contributed by atoms with Gasteiger partial charge in [0.05, 0.1) is 17.6 Å². The van der Waals surface area contributed by atoms with E-state index in [0.29, 0.717) is 11.1 Å². The number of hydrogen-bond donors (Lipinski definition) is 1. The summed E-state index contributed by atoms with van der Waals surface area (Å²) in [4.78, 5) is 37.0. The molecule has 1 heterocycles. The molecule has 0 spiro atoms. The van der Waals surface area contributed by atoms with Crippen LogP contribution in [0.4, 0.5) is 18.9 Å². The smallest absolute Gasteiger partial charge is 0.416 e. The van der Waals surface area contributed by atoms with E-state index in [9.17, 15) is 27.6 Å². The van der Waals surface area contributed by atoms with Crippen molar-refractivity contribution in [2.75, 3.05) is 11.9 Å². The quantitative estimate of drug-likeness (QED) is 0.537. The Hall–Kier alpha value is -3.82. The highest BCUT2D eigenvalue weighted by molar-refractivity contribution is 5.91. The molecular weight excluding hydrogens is 441 g/mol. The van der Waals surface area contributed by atoms with Gasteiger partial charge < -0.3 is 19.4 Å². The summed E-state index contributed by atoms with van der Waals surface area (Å²) in [6, 6.07) is 10.5. The van der Waals surface area contributed by atoms with Gasteiger partial charge in [-0.1, -0.05) is 12.1 Å². The molecule has 0 aliphatic carbocycles. The number of nitrogens with zero attached hydrogens (tertiary/aromatic N) is 1. The van der Waals surface area contributed by atoms with Crippen molar-refractivity contribution < 1.29 is 32.2 Å². The second-order valence-electron chi connectivity index (χ2n) is 7.11.